The number of ether oxygens (including phenoxy) is 1. The number of aryl methyl sites for hydroxylation is 2. The molecule has 0 spiro atoms. The topological polar surface area (TPSA) is 110 Å². The first-order chi connectivity index (χ1) is 18.1. The van der Waals surface area contributed by atoms with Crippen LogP contribution in [0.15, 0.2) is 72.8 Å². The van der Waals surface area contributed by atoms with E-state index in [-0.39, 0.29) is 6.61 Å². The second-order valence-electron chi connectivity index (χ2n) is 8.80. The molecule has 8 nitrogen and oxygen atoms in total. The molecule has 0 aliphatic rings. The van der Waals surface area contributed by atoms with Crippen molar-refractivity contribution >= 4 is 0 Å². The number of tetrazole rings is 1. The van der Waals surface area contributed by atoms with Gasteiger partial charge in [-0.2, -0.15) is 4.98 Å². The predicted molar refractivity (Wildman–Crippen MR) is 141 cm³/mol. The van der Waals surface area contributed by atoms with Gasteiger partial charge < -0.3 is 9.84 Å². The van der Waals surface area contributed by atoms with Crippen LogP contribution in [0, 0.1) is 6.92 Å². The van der Waals surface area contributed by atoms with Gasteiger partial charge in [-0.05, 0) is 45.2 Å². The lowest BCUT2D eigenvalue weighted by Crippen LogP contribution is -2.08. The molecule has 0 amide bonds. The van der Waals surface area contributed by atoms with Gasteiger partial charge in [0.25, 0.3) is 0 Å². The molecule has 186 valence electrons. The van der Waals surface area contributed by atoms with Gasteiger partial charge in [0.05, 0.1) is 6.61 Å². The molecule has 0 atom stereocenters. The number of hydrogen-bond donors (Lipinski definition) is 2. The van der Waals surface area contributed by atoms with E-state index < -0.39 is 0 Å². The van der Waals surface area contributed by atoms with E-state index in [4.69, 9.17) is 9.72 Å². The Bertz CT molecular complexity index is 1480. The van der Waals surface area contributed by atoms with Gasteiger partial charge in [0, 0.05) is 29.7 Å². The average Bonchev–Trinajstić information content (AvgIpc) is 3.49. The first kappa shape index (κ1) is 24.3. The van der Waals surface area contributed by atoms with Gasteiger partial charge in [-0.25, -0.2) is 10.1 Å². The molecule has 0 fully saturated rings. The van der Waals surface area contributed by atoms with Crippen molar-refractivity contribution in [2.75, 3.05) is 0 Å². The third-order valence-corrected chi connectivity index (χ3v) is 6.26. The van der Waals surface area contributed by atoms with Crippen molar-refractivity contribution in [1.29, 1.82) is 0 Å². The number of aromatic nitrogens is 6. The van der Waals surface area contributed by atoms with E-state index in [1.54, 1.807) is 0 Å². The smallest absolute Gasteiger partial charge is 0.220 e. The summed E-state index contributed by atoms with van der Waals surface area (Å²) in [5.41, 5.74) is 7.90. The Morgan fingerprint density at radius 3 is 2.38 bits per heavy atom. The first-order valence-electron chi connectivity index (χ1n) is 12.2. The van der Waals surface area contributed by atoms with Crippen molar-refractivity contribution in [3.63, 3.8) is 0 Å². The van der Waals surface area contributed by atoms with Crippen LogP contribution in [0.4, 0.5) is 0 Å². The van der Waals surface area contributed by atoms with Crippen LogP contribution in [-0.4, -0.2) is 35.7 Å². The summed E-state index contributed by atoms with van der Waals surface area (Å²) in [5.74, 6) is 1.99. The van der Waals surface area contributed by atoms with Gasteiger partial charge in [0.15, 0.2) is 5.82 Å². The Labute approximate surface area is 215 Å². The summed E-state index contributed by atoms with van der Waals surface area (Å²) in [6, 6.07) is 24.2. The summed E-state index contributed by atoms with van der Waals surface area (Å²) >= 11 is 0. The average molecular weight is 493 g/mol. The molecule has 0 radical (unpaired) electrons. The standard InChI is InChI=1S/C29H28N6O2/c1-3-27-30-19(2)26(16-21-7-6-8-22(15-21)17-36)29(31-27)37-18-20-11-13-23(14-12-20)24-9-4-5-10-25(24)28-32-34-35-33-28/h4-15,36H,3,16-18H2,1-2H3,(H,32,33,34,35). The van der Waals surface area contributed by atoms with Gasteiger partial charge in [-0.1, -0.05) is 79.7 Å². The Hall–Kier alpha value is -4.43. The van der Waals surface area contributed by atoms with Crippen LogP contribution in [0.3, 0.4) is 0 Å². The van der Waals surface area contributed by atoms with Crippen LogP contribution in [0.1, 0.15) is 40.7 Å². The molecule has 8 heteroatoms. The van der Waals surface area contributed by atoms with Crippen molar-refractivity contribution in [3.8, 4) is 28.4 Å². The molecule has 0 saturated heterocycles. The summed E-state index contributed by atoms with van der Waals surface area (Å²) in [6.45, 7) is 4.43. The number of aliphatic hydroxyl groups is 1. The SMILES string of the molecule is CCc1nc(C)c(Cc2cccc(CO)c2)c(OCc2ccc(-c3ccccc3-c3nnn[nH]3)cc2)n1. The van der Waals surface area contributed by atoms with E-state index in [1.165, 1.54) is 0 Å². The van der Waals surface area contributed by atoms with E-state index >= 15 is 0 Å². The fraction of sp³-hybridized carbons (Fsp3) is 0.207. The normalized spacial score (nSPS) is 11.0. The molecule has 0 aliphatic carbocycles. The second-order valence-corrected chi connectivity index (χ2v) is 8.80. The Balaban J connectivity index is 1.37. The predicted octanol–water partition coefficient (Wildman–Crippen LogP) is 4.86. The van der Waals surface area contributed by atoms with Crippen LogP contribution in [0.25, 0.3) is 22.5 Å². The maximum Gasteiger partial charge on any atom is 0.220 e. The molecule has 0 bridgehead atoms. The van der Waals surface area contributed by atoms with Crippen molar-refractivity contribution < 1.29 is 9.84 Å². The van der Waals surface area contributed by atoms with Gasteiger partial charge in [0.2, 0.25) is 5.88 Å². The van der Waals surface area contributed by atoms with E-state index in [2.05, 4.69) is 55.9 Å². The third-order valence-electron chi connectivity index (χ3n) is 6.26. The molecular formula is C29H28N6O2. The van der Waals surface area contributed by atoms with Crippen molar-refractivity contribution in [1.82, 2.24) is 30.6 Å². The van der Waals surface area contributed by atoms with E-state index in [0.29, 0.717) is 24.7 Å². The Morgan fingerprint density at radius 2 is 1.65 bits per heavy atom. The highest BCUT2D eigenvalue weighted by Crippen LogP contribution is 2.30. The fourth-order valence-electron chi connectivity index (χ4n) is 4.30. The van der Waals surface area contributed by atoms with Crippen LogP contribution >= 0.6 is 0 Å². The summed E-state index contributed by atoms with van der Waals surface area (Å²) in [6.07, 6.45) is 1.36. The molecule has 5 aromatic rings. The maximum absolute atomic E-state index is 9.51. The molecule has 5 rings (SSSR count). The molecule has 37 heavy (non-hydrogen) atoms. The third kappa shape index (κ3) is 5.54. The number of H-pyrrole nitrogens is 1. The first-order valence-corrected chi connectivity index (χ1v) is 12.2. The van der Waals surface area contributed by atoms with E-state index in [0.717, 1.165) is 56.9 Å². The van der Waals surface area contributed by atoms with Crippen molar-refractivity contribution in [2.24, 2.45) is 0 Å². The van der Waals surface area contributed by atoms with Crippen LogP contribution in [0.5, 0.6) is 5.88 Å². The van der Waals surface area contributed by atoms with E-state index in [1.807, 2.05) is 56.3 Å². The molecule has 2 N–H and O–H groups in total. The number of aromatic amines is 1. The number of rotatable bonds is 9. The maximum atomic E-state index is 9.51. The van der Waals surface area contributed by atoms with Crippen LogP contribution < -0.4 is 4.74 Å². The number of aliphatic hydroxyl groups excluding tert-OH is 1. The molecule has 2 heterocycles. The lowest BCUT2D eigenvalue weighted by Gasteiger charge is -2.15. The van der Waals surface area contributed by atoms with Crippen LogP contribution in [-0.2, 0) is 26.1 Å². The highest BCUT2D eigenvalue weighted by Gasteiger charge is 2.15. The fourth-order valence-corrected chi connectivity index (χ4v) is 4.30. The van der Waals surface area contributed by atoms with Gasteiger partial charge in [-0.15, -0.1) is 5.10 Å². The zero-order valence-electron chi connectivity index (χ0n) is 20.8. The van der Waals surface area contributed by atoms with E-state index in [9.17, 15) is 5.11 Å². The minimum atomic E-state index is 0.0111. The molecule has 0 saturated carbocycles. The minimum absolute atomic E-state index is 0.0111. The zero-order valence-corrected chi connectivity index (χ0v) is 20.8. The summed E-state index contributed by atoms with van der Waals surface area (Å²) in [4.78, 5) is 9.37. The minimum Gasteiger partial charge on any atom is -0.472 e. The number of benzene rings is 3. The summed E-state index contributed by atoms with van der Waals surface area (Å²) < 4.78 is 6.27. The highest BCUT2D eigenvalue weighted by atomic mass is 16.5. The zero-order chi connectivity index (χ0) is 25.6. The Morgan fingerprint density at radius 1 is 0.865 bits per heavy atom. The number of hydrogen-bond acceptors (Lipinski definition) is 7. The number of nitrogens with zero attached hydrogens (tertiary/aromatic N) is 5. The highest BCUT2D eigenvalue weighted by molar-refractivity contribution is 5.80. The number of nitrogens with one attached hydrogen (secondary N) is 1. The molecule has 0 aliphatic heterocycles. The van der Waals surface area contributed by atoms with Crippen molar-refractivity contribution in [3.05, 3.63) is 107 Å². The molecule has 3 aromatic carbocycles. The van der Waals surface area contributed by atoms with Gasteiger partial charge in [0.1, 0.15) is 12.4 Å². The second kappa shape index (κ2) is 11.1. The summed E-state index contributed by atoms with van der Waals surface area (Å²) in [7, 11) is 0. The molecular weight excluding hydrogens is 464 g/mol. The lowest BCUT2D eigenvalue weighted by molar-refractivity contribution is 0.281. The molecule has 2 aromatic heterocycles. The quantitative estimate of drug-likeness (QED) is 0.302. The van der Waals surface area contributed by atoms with Crippen molar-refractivity contribution in [2.45, 2.75) is 39.9 Å². The van der Waals surface area contributed by atoms with Crippen LogP contribution in [0.2, 0.25) is 0 Å². The molecule has 0 unspecified atom stereocenters. The Kier molecular flexibility index (Phi) is 7.28. The van der Waals surface area contributed by atoms with Gasteiger partial charge in [-0.3, -0.25) is 0 Å². The van der Waals surface area contributed by atoms with Gasteiger partial charge >= 0.3 is 0 Å². The largest absolute Gasteiger partial charge is 0.472 e. The monoisotopic (exact) mass is 492 g/mol. The lowest BCUT2D eigenvalue weighted by atomic mass is 9.98. The summed E-state index contributed by atoms with van der Waals surface area (Å²) in [5, 5.41) is 23.8.